The smallest absolute Gasteiger partial charge is 0.344 e. The van der Waals surface area contributed by atoms with Crippen LogP contribution in [0.15, 0.2) is 47.5 Å². The van der Waals surface area contributed by atoms with E-state index in [4.69, 9.17) is 28.4 Å². The van der Waals surface area contributed by atoms with Gasteiger partial charge in [-0.1, -0.05) is 12.1 Å². The number of hydrogen-bond acceptors (Lipinski definition) is 9. The third-order valence-corrected chi connectivity index (χ3v) is 5.61. The first-order chi connectivity index (χ1) is 18.4. The van der Waals surface area contributed by atoms with Crippen molar-refractivity contribution in [3.05, 3.63) is 58.7 Å². The lowest BCUT2D eigenvalue weighted by atomic mass is 10.1. The van der Waals surface area contributed by atoms with Crippen LogP contribution in [-0.4, -0.2) is 58.4 Å². The van der Waals surface area contributed by atoms with Crippen LogP contribution in [0.4, 0.5) is 0 Å². The largest absolute Gasteiger partial charge is 0.493 e. The fraction of sp³-hybridized carbons (Fsp3) is 0.345. The molecule has 0 unspecified atom stereocenters. The first-order valence-electron chi connectivity index (χ1n) is 12.3. The van der Waals surface area contributed by atoms with Crippen molar-refractivity contribution in [1.29, 1.82) is 0 Å². The Morgan fingerprint density at radius 1 is 0.711 bits per heavy atom. The van der Waals surface area contributed by atoms with Crippen LogP contribution in [0.5, 0.6) is 23.0 Å². The number of hydrogen-bond donors (Lipinski definition) is 0. The van der Waals surface area contributed by atoms with E-state index in [-0.39, 0.29) is 32.2 Å². The highest BCUT2D eigenvalue weighted by Gasteiger charge is 2.23. The summed E-state index contributed by atoms with van der Waals surface area (Å²) in [6.07, 6.45) is 4.86. The molecule has 38 heavy (non-hydrogen) atoms. The number of carbonyl (C=O) groups is 3. The van der Waals surface area contributed by atoms with Gasteiger partial charge in [0.05, 0.1) is 27.4 Å². The normalized spacial score (nSPS) is 14.9. The first kappa shape index (κ1) is 28.3. The van der Waals surface area contributed by atoms with E-state index in [9.17, 15) is 14.4 Å². The highest BCUT2D eigenvalue weighted by Crippen LogP contribution is 2.34. The Morgan fingerprint density at radius 2 is 1.13 bits per heavy atom. The summed E-state index contributed by atoms with van der Waals surface area (Å²) in [4.78, 5) is 36.2. The van der Waals surface area contributed by atoms with Crippen molar-refractivity contribution >= 4 is 29.9 Å². The van der Waals surface area contributed by atoms with E-state index in [2.05, 4.69) is 0 Å². The highest BCUT2D eigenvalue weighted by molar-refractivity contribution is 6.15. The van der Waals surface area contributed by atoms with E-state index < -0.39 is 11.9 Å². The van der Waals surface area contributed by atoms with Crippen LogP contribution < -0.4 is 18.9 Å². The Labute approximate surface area is 221 Å². The number of ether oxygens (including phenoxy) is 6. The molecule has 1 aliphatic rings. The van der Waals surface area contributed by atoms with Gasteiger partial charge in [-0.15, -0.1) is 0 Å². The van der Waals surface area contributed by atoms with Gasteiger partial charge >= 0.3 is 11.9 Å². The van der Waals surface area contributed by atoms with E-state index in [0.717, 1.165) is 11.1 Å². The minimum Gasteiger partial charge on any atom is -0.493 e. The molecule has 0 aliphatic heterocycles. The van der Waals surface area contributed by atoms with Crippen molar-refractivity contribution < 1.29 is 42.8 Å². The molecule has 0 saturated heterocycles. The number of rotatable bonds is 12. The molecule has 0 bridgehead atoms. The zero-order valence-electron chi connectivity index (χ0n) is 22.0. The van der Waals surface area contributed by atoms with Gasteiger partial charge in [-0.05, 0) is 74.2 Å². The predicted octanol–water partition coefficient (Wildman–Crippen LogP) is 4.42. The van der Waals surface area contributed by atoms with Gasteiger partial charge in [0.25, 0.3) is 0 Å². The zero-order valence-corrected chi connectivity index (χ0v) is 22.0. The molecule has 9 heteroatoms. The summed E-state index contributed by atoms with van der Waals surface area (Å²) in [5, 5.41) is 0. The van der Waals surface area contributed by atoms with Gasteiger partial charge in [0, 0.05) is 11.1 Å². The fourth-order valence-electron chi connectivity index (χ4n) is 3.85. The van der Waals surface area contributed by atoms with Crippen LogP contribution >= 0.6 is 0 Å². The monoisotopic (exact) mass is 524 g/mol. The maximum absolute atomic E-state index is 13.1. The van der Waals surface area contributed by atoms with Gasteiger partial charge in [0.1, 0.15) is 0 Å². The lowest BCUT2D eigenvalue weighted by Crippen LogP contribution is -2.14. The van der Waals surface area contributed by atoms with Gasteiger partial charge in [0.15, 0.2) is 42.0 Å². The molecule has 3 rings (SSSR count). The summed E-state index contributed by atoms with van der Waals surface area (Å²) >= 11 is 0. The van der Waals surface area contributed by atoms with Gasteiger partial charge in [0.2, 0.25) is 0 Å². The number of esters is 2. The Balaban J connectivity index is 1.71. The fourth-order valence-corrected chi connectivity index (χ4v) is 3.85. The molecule has 0 amide bonds. The van der Waals surface area contributed by atoms with Crippen molar-refractivity contribution in [3.8, 4) is 23.0 Å². The van der Waals surface area contributed by atoms with Crippen LogP contribution in [0.1, 0.15) is 37.8 Å². The highest BCUT2D eigenvalue weighted by atomic mass is 16.6. The molecule has 202 valence electrons. The number of allylic oxidation sites excluding steroid dienone is 2. The summed E-state index contributed by atoms with van der Waals surface area (Å²) in [5.41, 5.74) is 2.92. The molecule has 1 aliphatic carbocycles. The minimum absolute atomic E-state index is 0.0341. The van der Waals surface area contributed by atoms with Gasteiger partial charge in [-0.2, -0.15) is 0 Å². The van der Waals surface area contributed by atoms with E-state index in [1.165, 1.54) is 14.2 Å². The van der Waals surface area contributed by atoms with Crippen molar-refractivity contribution in [3.63, 3.8) is 0 Å². The second-order valence-corrected chi connectivity index (χ2v) is 8.18. The molecule has 1 saturated carbocycles. The molecule has 0 spiro atoms. The maximum Gasteiger partial charge on any atom is 0.344 e. The number of Topliss-reactive ketones (excluding diaryl/α,β-unsaturated/α-hetero) is 1. The zero-order chi connectivity index (χ0) is 27.5. The molecule has 9 nitrogen and oxygen atoms in total. The third kappa shape index (κ3) is 7.61. The van der Waals surface area contributed by atoms with Crippen molar-refractivity contribution in [2.45, 2.75) is 26.7 Å². The first-order valence-corrected chi connectivity index (χ1v) is 12.3. The lowest BCUT2D eigenvalue weighted by Gasteiger charge is -2.11. The standard InChI is InChI=1S/C29H32O9/c1-5-35-27(30)17-37-23-11-7-19(15-25(23)33-3)13-21-9-10-22(29(21)32)14-20-8-12-24(26(16-20)34-4)38-18-28(31)36-6-2/h7-8,11-16H,5-6,9-10,17-18H2,1-4H3. The van der Waals surface area contributed by atoms with Gasteiger partial charge in [-0.3, -0.25) is 4.79 Å². The summed E-state index contributed by atoms with van der Waals surface area (Å²) < 4.78 is 31.5. The summed E-state index contributed by atoms with van der Waals surface area (Å²) in [5.74, 6) is 0.744. The molecule has 0 atom stereocenters. The maximum atomic E-state index is 13.1. The lowest BCUT2D eigenvalue weighted by molar-refractivity contribution is -0.146. The van der Waals surface area contributed by atoms with Crippen molar-refractivity contribution in [2.24, 2.45) is 0 Å². The van der Waals surface area contributed by atoms with Crippen LogP contribution in [0.25, 0.3) is 12.2 Å². The Morgan fingerprint density at radius 3 is 1.50 bits per heavy atom. The molecular weight excluding hydrogens is 492 g/mol. The molecule has 2 aromatic rings. The Bertz CT molecular complexity index is 1130. The van der Waals surface area contributed by atoms with Gasteiger partial charge < -0.3 is 28.4 Å². The van der Waals surface area contributed by atoms with Gasteiger partial charge in [-0.25, -0.2) is 9.59 Å². The molecule has 0 radical (unpaired) electrons. The number of carbonyl (C=O) groups excluding carboxylic acids is 3. The summed E-state index contributed by atoms with van der Waals surface area (Å²) in [7, 11) is 3.01. The Kier molecular flexibility index (Phi) is 10.3. The third-order valence-electron chi connectivity index (χ3n) is 5.61. The molecule has 0 N–H and O–H groups in total. The minimum atomic E-state index is -0.465. The van der Waals surface area contributed by atoms with Crippen molar-refractivity contribution in [2.75, 3.05) is 40.6 Å². The van der Waals surface area contributed by atoms with Crippen molar-refractivity contribution in [1.82, 2.24) is 0 Å². The number of ketones is 1. The summed E-state index contributed by atoms with van der Waals surface area (Å²) in [6, 6.07) is 10.5. The summed E-state index contributed by atoms with van der Waals surface area (Å²) in [6.45, 7) is 3.57. The van der Waals surface area contributed by atoms with Crippen LogP contribution in [0.2, 0.25) is 0 Å². The molecule has 1 fully saturated rings. The SMILES string of the molecule is CCOC(=O)COc1ccc(C=C2CCC(=Cc3ccc(OCC(=O)OCC)c(OC)c3)C2=O)cc1OC. The topological polar surface area (TPSA) is 107 Å². The quantitative estimate of drug-likeness (QED) is 0.295. The molecule has 0 heterocycles. The molecule has 2 aromatic carbocycles. The Hall–Kier alpha value is -4.27. The average Bonchev–Trinajstić information content (AvgIpc) is 3.25. The average molecular weight is 525 g/mol. The van der Waals surface area contributed by atoms with E-state index in [0.29, 0.717) is 47.0 Å². The van der Waals surface area contributed by atoms with Crippen LogP contribution in [-0.2, 0) is 23.9 Å². The van der Waals surface area contributed by atoms with E-state index >= 15 is 0 Å². The number of benzene rings is 2. The molecule has 0 aromatic heterocycles. The van der Waals surface area contributed by atoms with E-state index in [1.54, 1.807) is 50.2 Å². The number of methoxy groups -OCH3 is 2. The second kappa shape index (κ2) is 13.9. The molecular formula is C29H32O9. The van der Waals surface area contributed by atoms with Crippen LogP contribution in [0.3, 0.4) is 0 Å². The predicted molar refractivity (Wildman–Crippen MR) is 140 cm³/mol. The van der Waals surface area contributed by atoms with E-state index in [1.807, 2.05) is 12.2 Å². The second-order valence-electron chi connectivity index (χ2n) is 8.18. The van der Waals surface area contributed by atoms with Crippen LogP contribution in [0, 0.1) is 0 Å².